The average molecular weight is 86.2 g/mol. The molecule has 0 aromatic carbocycles. The predicted molar refractivity (Wildman–Crippen MR) is 27.6 cm³/mol. The lowest BCUT2D eigenvalue weighted by Gasteiger charge is -1.91. The maximum atomic E-state index is 7.36. The summed E-state index contributed by atoms with van der Waals surface area (Å²) in [4.78, 5) is 0. The van der Waals surface area contributed by atoms with E-state index in [9.17, 15) is 0 Å². The van der Waals surface area contributed by atoms with Crippen LogP contribution in [0.1, 0.15) is 35.3 Å². The monoisotopic (exact) mass is 86.1 g/mol. The van der Waals surface area contributed by atoms with Crippen molar-refractivity contribution in [2.24, 2.45) is 5.92 Å². The van der Waals surface area contributed by atoms with E-state index in [1.54, 1.807) is 0 Å². The highest BCUT2D eigenvalue weighted by Gasteiger charge is 2.07. The SMILES string of the molecule is [2H]C1CCC(C)C1[2H]. The molecule has 0 radical (unpaired) electrons. The van der Waals surface area contributed by atoms with Crippen molar-refractivity contribution in [1.82, 2.24) is 0 Å². The van der Waals surface area contributed by atoms with Crippen LogP contribution >= 0.6 is 0 Å². The second-order valence-electron chi connectivity index (χ2n) is 1.98. The van der Waals surface area contributed by atoms with Crippen molar-refractivity contribution in [1.29, 1.82) is 0 Å². The minimum absolute atomic E-state index is 0.0926. The van der Waals surface area contributed by atoms with Crippen LogP contribution in [0.5, 0.6) is 0 Å². The van der Waals surface area contributed by atoms with Crippen molar-refractivity contribution < 1.29 is 2.74 Å². The molecular formula is C6H12. The summed E-state index contributed by atoms with van der Waals surface area (Å²) in [7, 11) is 0. The molecule has 0 amide bonds. The van der Waals surface area contributed by atoms with Gasteiger partial charge in [-0.2, -0.15) is 0 Å². The summed E-state index contributed by atoms with van der Waals surface area (Å²) in [5.74, 6) is 0.470. The van der Waals surface area contributed by atoms with E-state index < -0.39 is 0 Å². The summed E-state index contributed by atoms with van der Waals surface area (Å²) in [6.07, 6.45) is 1.83. The molecule has 1 fully saturated rings. The first kappa shape index (κ1) is 2.34. The first-order chi connectivity index (χ1) is 3.72. The molecule has 3 unspecified atom stereocenters. The van der Waals surface area contributed by atoms with E-state index in [2.05, 4.69) is 6.92 Å². The Balaban J connectivity index is 2.44. The van der Waals surface area contributed by atoms with E-state index in [0.29, 0.717) is 5.92 Å². The zero-order valence-electron chi connectivity index (χ0n) is 6.15. The zero-order chi connectivity index (χ0) is 6.15. The molecule has 0 heterocycles. The molecule has 1 aliphatic carbocycles. The number of hydrogen-bond donors (Lipinski definition) is 0. The van der Waals surface area contributed by atoms with E-state index in [0.717, 1.165) is 12.8 Å². The lowest BCUT2D eigenvalue weighted by Crippen LogP contribution is -1.78. The van der Waals surface area contributed by atoms with E-state index in [4.69, 9.17) is 2.74 Å². The van der Waals surface area contributed by atoms with Crippen LogP contribution in [-0.4, -0.2) is 0 Å². The predicted octanol–water partition coefficient (Wildman–Crippen LogP) is 2.20. The van der Waals surface area contributed by atoms with Crippen LogP contribution in [0.3, 0.4) is 0 Å². The summed E-state index contributed by atoms with van der Waals surface area (Å²) in [6, 6.07) is 0. The fourth-order valence-electron chi connectivity index (χ4n) is 0.784. The molecule has 0 aliphatic heterocycles. The van der Waals surface area contributed by atoms with Gasteiger partial charge in [0.2, 0.25) is 0 Å². The molecule has 0 heteroatoms. The largest absolute Gasteiger partial charge is 0.0625 e. The van der Waals surface area contributed by atoms with Gasteiger partial charge in [0.25, 0.3) is 0 Å². The van der Waals surface area contributed by atoms with Crippen molar-refractivity contribution >= 4 is 0 Å². The van der Waals surface area contributed by atoms with Crippen molar-refractivity contribution in [3.63, 3.8) is 0 Å². The second-order valence-corrected chi connectivity index (χ2v) is 1.98. The molecule has 1 aliphatic rings. The van der Waals surface area contributed by atoms with Crippen LogP contribution in [0, 0.1) is 5.92 Å². The first-order valence-corrected chi connectivity index (χ1v) is 2.56. The Bertz CT molecular complexity index is 72.6. The fourth-order valence-corrected chi connectivity index (χ4v) is 0.784. The van der Waals surface area contributed by atoms with Crippen molar-refractivity contribution in [2.45, 2.75) is 32.6 Å². The van der Waals surface area contributed by atoms with Crippen LogP contribution < -0.4 is 0 Å². The highest BCUT2D eigenvalue weighted by atomic mass is 14.1. The van der Waals surface area contributed by atoms with Crippen molar-refractivity contribution in [3.05, 3.63) is 0 Å². The molecule has 1 rings (SSSR count). The summed E-state index contributed by atoms with van der Waals surface area (Å²) in [5.41, 5.74) is 0. The molecule has 0 nitrogen and oxygen atoms in total. The zero-order valence-corrected chi connectivity index (χ0v) is 4.15. The Morgan fingerprint density at radius 2 is 2.67 bits per heavy atom. The Hall–Kier alpha value is 0. The van der Waals surface area contributed by atoms with Crippen LogP contribution in [-0.2, 0) is 0 Å². The molecule has 1 saturated carbocycles. The molecule has 0 bridgehead atoms. The van der Waals surface area contributed by atoms with Gasteiger partial charge in [-0.15, -0.1) is 0 Å². The molecule has 36 valence electrons. The second kappa shape index (κ2) is 1.63. The minimum Gasteiger partial charge on any atom is -0.0625 e. The first-order valence-electron chi connectivity index (χ1n) is 3.72. The van der Waals surface area contributed by atoms with Gasteiger partial charge in [-0.25, -0.2) is 0 Å². The average Bonchev–Trinajstić information content (AvgIpc) is 1.98. The van der Waals surface area contributed by atoms with Gasteiger partial charge in [0.15, 0.2) is 0 Å². The quantitative estimate of drug-likeness (QED) is 0.424. The number of hydrogen-bond acceptors (Lipinski definition) is 0. The number of rotatable bonds is 0. The van der Waals surface area contributed by atoms with E-state index in [1.165, 1.54) is 0 Å². The third-order valence-corrected chi connectivity index (χ3v) is 1.25. The normalized spacial score (nSPS) is 63.8. The standard InChI is InChI=1S/C6H12/c1-6-4-2-3-5-6/h6H,2-5H2,1H3/i2D,4D. The van der Waals surface area contributed by atoms with Gasteiger partial charge in [0, 0.05) is 2.74 Å². The van der Waals surface area contributed by atoms with Gasteiger partial charge in [-0.3, -0.25) is 0 Å². The van der Waals surface area contributed by atoms with Crippen LogP contribution in [0.2, 0.25) is 0 Å². The molecule has 3 atom stereocenters. The third kappa shape index (κ3) is 0.735. The Morgan fingerprint density at radius 1 is 1.83 bits per heavy atom. The van der Waals surface area contributed by atoms with E-state index in [-0.39, 0.29) is 12.8 Å². The van der Waals surface area contributed by atoms with Crippen LogP contribution in [0.15, 0.2) is 0 Å². The Kier molecular flexibility index (Phi) is 0.638. The van der Waals surface area contributed by atoms with Crippen molar-refractivity contribution in [2.75, 3.05) is 0 Å². The van der Waals surface area contributed by atoms with Gasteiger partial charge in [-0.1, -0.05) is 32.6 Å². The molecule has 0 aromatic rings. The summed E-state index contributed by atoms with van der Waals surface area (Å²) in [6.45, 7) is 2.06. The lowest BCUT2D eigenvalue weighted by molar-refractivity contribution is 0.612. The van der Waals surface area contributed by atoms with Gasteiger partial charge >= 0.3 is 0 Å². The lowest BCUT2D eigenvalue weighted by atomic mass is 10.2. The Morgan fingerprint density at radius 3 is 2.83 bits per heavy atom. The van der Waals surface area contributed by atoms with Gasteiger partial charge in [0.1, 0.15) is 0 Å². The van der Waals surface area contributed by atoms with Crippen molar-refractivity contribution in [3.8, 4) is 0 Å². The van der Waals surface area contributed by atoms with Crippen LogP contribution in [0.4, 0.5) is 0 Å². The summed E-state index contributed by atoms with van der Waals surface area (Å²) < 4.78 is 14.6. The molecule has 0 N–H and O–H groups in total. The Labute approximate surface area is 42.4 Å². The third-order valence-electron chi connectivity index (χ3n) is 1.25. The smallest absolute Gasteiger partial charge is 0.0269 e. The van der Waals surface area contributed by atoms with Gasteiger partial charge in [0.05, 0.1) is 0 Å². The summed E-state index contributed by atoms with van der Waals surface area (Å²) >= 11 is 0. The molecule has 0 saturated heterocycles. The van der Waals surface area contributed by atoms with Gasteiger partial charge in [-0.05, 0) is 5.92 Å². The maximum absolute atomic E-state index is 7.36. The highest BCUT2D eigenvalue weighted by Crippen LogP contribution is 2.22. The molecule has 0 aromatic heterocycles. The fraction of sp³-hybridized carbons (Fsp3) is 1.00. The maximum Gasteiger partial charge on any atom is 0.0269 e. The van der Waals surface area contributed by atoms with E-state index in [1.807, 2.05) is 0 Å². The topological polar surface area (TPSA) is 0 Å². The molecule has 0 spiro atoms. The van der Waals surface area contributed by atoms with Crippen LogP contribution in [0.25, 0.3) is 0 Å². The molecule has 6 heavy (non-hydrogen) atoms. The molecular weight excluding hydrogens is 72.1 g/mol. The highest BCUT2D eigenvalue weighted by molar-refractivity contribution is 4.60. The van der Waals surface area contributed by atoms with E-state index >= 15 is 0 Å². The van der Waals surface area contributed by atoms with Gasteiger partial charge < -0.3 is 0 Å². The minimum atomic E-state index is -0.102. The summed E-state index contributed by atoms with van der Waals surface area (Å²) in [5, 5.41) is 0.